The van der Waals surface area contributed by atoms with E-state index >= 15 is 0 Å². The van der Waals surface area contributed by atoms with Crippen LogP contribution in [-0.2, 0) is 9.59 Å². The third-order valence-electron chi connectivity index (χ3n) is 5.43. The van der Waals surface area contributed by atoms with E-state index in [1.54, 1.807) is 0 Å². The highest BCUT2D eigenvalue weighted by Gasteiger charge is 2.36. The molecule has 5 atom stereocenters. The molecule has 3 unspecified atom stereocenters. The fourth-order valence-corrected chi connectivity index (χ4v) is 3.76. The highest BCUT2D eigenvalue weighted by molar-refractivity contribution is 5.78. The number of hydrogen-bond acceptors (Lipinski definition) is 3. The number of nitrogens with zero attached hydrogens (tertiary/aromatic N) is 1. The van der Waals surface area contributed by atoms with Crippen LogP contribution in [-0.4, -0.2) is 47.6 Å². The molecule has 1 amide bonds. The average molecular weight is 296 g/mol. The predicted octanol–water partition coefficient (Wildman–Crippen LogP) is 1.58. The van der Waals surface area contributed by atoms with Gasteiger partial charge in [0.1, 0.15) is 0 Å². The van der Waals surface area contributed by atoms with E-state index in [1.807, 2.05) is 11.8 Å². The number of carboxylic acids is 1. The number of rotatable bonds is 4. The minimum Gasteiger partial charge on any atom is -0.481 e. The molecule has 1 saturated heterocycles. The second-order valence-electron chi connectivity index (χ2n) is 7.06. The standard InChI is InChI=1S/C16H28N2O3/c1-10-5-4-6-14(12(10)3)17-15(19)9-18-7-11(2)13(8-18)16(20)21/h10-14H,4-9H2,1-3H3,(H,17,19)(H,20,21)/t10?,11-,12?,13-,14?/m1/s1. The maximum absolute atomic E-state index is 12.2. The van der Waals surface area contributed by atoms with Gasteiger partial charge in [-0.1, -0.05) is 33.6 Å². The van der Waals surface area contributed by atoms with Crippen LogP contribution in [0.4, 0.5) is 0 Å². The van der Waals surface area contributed by atoms with E-state index in [1.165, 1.54) is 12.8 Å². The van der Waals surface area contributed by atoms with Crippen LogP contribution in [0.15, 0.2) is 0 Å². The lowest BCUT2D eigenvalue weighted by atomic mass is 9.78. The lowest BCUT2D eigenvalue weighted by Crippen LogP contribution is -2.47. The molecule has 21 heavy (non-hydrogen) atoms. The molecule has 1 saturated carbocycles. The molecule has 120 valence electrons. The molecule has 0 radical (unpaired) electrons. The minimum atomic E-state index is -0.750. The van der Waals surface area contributed by atoms with Crippen molar-refractivity contribution >= 4 is 11.9 Å². The van der Waals surface area contributed by atoms with Crippen LogP contribution in [0.5, 0.6) is 0 Å². The van der Waals surface area contributed by atoms with Crippen LogP contribution in [0.3, 0.4) is 0 Å². The fourth-order valence-electron chi connectivity index (χ4n) is 3.76. The molecule has 1 heterocycles. The van der Waals surface area contributed by atoms with Gasteiger partial charge in [-0.25, -0.2) is 0 Å². The second-order valence-corrected chi connectivity index (χ2v) is 7.06. The third-order valence-corrected chi connectivity index (χ3v) is 5.43. The van der Waals surface area contributed by atoms with Gasteiger partial charge >= 0.3 is 5.97 Å². The van der Waals surface area contributed by atoms with Crippen LogP contribution in [0.1, 0.15) is 40.0 Å². The highest BCUT2D eigenvalue weighted by atomic mass is 16.4. The summed E-state index contributed by atoms with van der Waals surface area (Å²) in [5.41, 5.74) is 0. The van der Waals surface area contributed by atoms with Gasteiger partial charge in [-0.3, -0.25) is 14.5 Å². The molecule has 0 aromatic heterocycles. The van der Waals surface area contributed by atoms with Gasteiger partial charge in [0.2, 0.25) is 5.91 Å². The number of amides is 1. The summed E-state index contributed by atoms with van der Waals surface area (Å²) in [5.74, 6) is 0.244. The van der Waals surface area contributed by atoms with Crippen LogP contribution in [0.25, 0.3) is 0 Å². The Balaban J connectivity index is 1.81. The zero-order chi connectivity index (χ0) is 15.6. The van der Waals surface area contributed by atoms with Crippen molar-refractivity contribution in [1.29, 1.82) is 0 Å². The summed E-state index contributed by atoms with van der Waals surface area (Å²) in [6.07, 6.45) is 3.49. The largest absolute Gasteiger partial charge is 0.481 e. The van der Waals surface area contributed by atoms with Gasteiger partial charge in [-0.15, -0.1) is 0 Å². The molecular formula is C16H28N2O3. The first-order valence-corrected chi connectivity index (χ1v) is 8.13. The van der Waals surface area contributed by atoms with Crippen molar-refractivity contribution in [2.45, 2.75) is 46.1 Å². The van der Waals surface area contributed by atoms with Gasteiger partial charge in [0, 0.05) is 19.1 Å². The Labute approximate surface area is 127 Å². The molecule has 2 N–H and O–H groups in total. The van der Waals surface area contributed by atoms with Crippen LogP contribution >= 0.6 is 0 Å². The van der Waals surface area contributed by atoms with Crippen LogP contribution < -0.4 is 5.32 Å². The Morgan fingerprint density at radius 2 is 1.86 bits per heavy atom. The maximum atomic E-state index is 12.2. The summed E-state index contributed by atoms with van der Waals surface area (Å²) in [4.78, 5) is 25.3. The van der Waals surface area contributed by atoms with Gasteiger partial charge in [0.15, 0.2) is 0 Å². The Morgan fingerprint density at radius 3 is 2.48 bits per heavy atom. The summed E-state index contributed by atoms with van der Waals surface area (Å²) in [6, 6.07) is 0.275. The van der Waals surface area contributed by atoms with E-state index in [-0.39, 0.29) is 23.8 Å². The summed E-state index contributed by atoms with van der Waals surface area (Å²) < 4.78 is 0. The van der Waals surface area contributed by atoms with Crippen molar-refractivity contribution in [1.82, 2.24) is 10.2 Å². The zero-order valence-electron chi connectivity index (χ0n) is 13.3. The van der Waals surface area contributed by atoms with E-state index in [2.05, 4.69) is 19.2 Å². The van der Waals surface area contributed by atoms with Gasteiger partial charge in [-0.2, -0.15) is 0 Å². The van der Waals surface area contributed by atoms with Crippen LogP contribution in [0, 0.1) is 23.7 Å². The molecule has 0 bridgehead atoms. The highest BCUT2D eigenvalue weighted by Crippen LogP contribution is 2.29. The molecule has 0 aromatic rings. The molecule has 2 rings (SSSR count). The van der Waals surface area contributed by atoms with E-state index in [0.717, 1.165) is 6.42 Å². The first-order chi connectivity index (χ1) is 9.88. The van der Waals surface area contributed by atoms with Gasteiger partial charge in [0.25, 0.3) is 0 Å². The van der Waals surface area contributed by atoms with E-state index in [9.17, 15) is 9.59 Å². The third kappa shape index (κ3) is 3.96. The molecule has 5 heteroatoms. The molecule has 1 aliphatic heterocycles. The van der Waals surface area contributed by atoms with Crippen molar-refractivity contribution < 1.29 is 14.7 Å². The number of aliphatic carboxylic acids is 1. The number of hydrogen-bond donors (Lipinski definition) is 2. The molecule has 0 spiro atoms. The number of nitrogens with one attached hydrogen (secondary N) is 1. The fraction of sp³-hybridized carbons (Fsp3) is 0.875. The van der Waals surface area contributed by atoms with Gasteiger partial charge < -0.3 is 10.4 Å². The van der Waals surface area contributed by atoms with E-state index in [0.29, 0.717) is 31.5 Å². The van der Waals surface area contributed by atoms with Crippen molar-refractivity contribution in [3.8, 4) is 0 Å². The summed E-state index contributed by atoms with van der Waals surface area (Å²) in [6.45, 7) is 7.92. The van der Waals surface area contributed by atoms with Crippen molar-refractivity contribution in [2.24, 2.45) is 23.7 Å². The Kier molecular flexibility index (Phi) is 5.25. The summed E-state index contributed by atoms with van der Waals surface area (Å²) >= 11 is 0. The molecule has 5 nitrogen and oxygen atoms in total. The molecule has 2 fully saturated rings. The lowest BCUT2D eigenvalue weighted by molar-refractivity contribution is -0.142. The minimum absolute atomic E-state index is 0.0409. The molecule has 2 aliphatic rings. The normalized spacial score (nSPS) is 37.4. The van der Waals surface area contributed by atoms with Crippen LogP contribution in [0.2, 0.25) is 0 Å². The average Bonchev–Trinajstić information content (AvgIpc) is 2.76. The van der Waals surface area contributed by atoms with E-state index < -0.39 is 5.97 Å². The van der Waals surface area contributed by atoms with Crippen molar-refractivity contribution in [3.05, 3.63) is 0 Å². The monoisotopic (exact) mass is 296 g/mol. The second kappa shape index (κ2) is 6.77. The number of carbonyl (C=O) groups excluding carboxylic acids is 1. The lowest BCUT2D eigenvalue weighted by Gasteiger charge is -2.35. The zero-order valence-corrected chi connectivity index (χ0v) is 13.3. The Morgan fingerprint density at radius 1 is 1.14 bits per heavy atom. The molecule has 0 aromatic carbocycles. The number of likely N-dealkylation sites (tertiary alicyclic amines) is 1. The summed E-state index contributed by atoms with van der Waals surface area (Å²) in [5, 5.41) is 12.3. The quantitative estimate of drug-likeness (QED) is 0.826. The Bertz CT molecular complexity index is 399. The number of carbonyl (C=O) groups is 2. The van der Waals surface area contributed by atoms with Gasteiger partial charge in [0.05, 0.1) is 12.5 Å². The first-order valence-electron chi connectivity index (χ1n) is 8.13. The van der Waals surface area contributed by atoms with Crippen molar-refractivity contribution in [2.75, 3.05) is 19.6 Å². The topological polar surface area (TPSA) is 69.6 Å². The Hall–Kier alpha value is -1.10. The maximum Gasteiger partial charge on any atom is 0.308 e. The SMILES string of the molecule is CC1CCCC(NC(=O)CN2C[C@@H](C)[C@H](C(=O)O)C2)C1C. The smallest absolute Gasteiger partial charge is 0.308 e. The molecular weight excluding hydrogens is 268 g/mol. The summed E-state index contributed by atoms with van der Waals surface area (Å²) in [7, 11) is 0. The predicted molar refractivity (Wildman–Crippen MR) is 80.8 cm³/mol. The van der Waals surface area contributed by atoms with E-state index in [4.69, 9.17) is 5.11 Å². The number of carboxylic acid groups (broad SMARTS) is 1. The first kappa shape index (κ1) is 16.3. The van der Waals surface area contributed by atoms with Gasteiger partial charge in [-0.05, 0) is 24.2 Å². The molecule has 1 aliphatic carbocycles. The van der Waals surface area contributed by atoms with Crippen molar-refractivity contribution in [3.63, 3.8) is 0 Å².